The van der Waals surface area contributed by atoms with Crippen molar-refractivity contribution in [2.75, 3.05) is 0 Å². The number of hydrogen-bond donors (Lipinski definition) is 2. The summed E-state index contributed by atoms with van der Waals surface area (Å²) in [7, 11) is -3.82. The van der Waals surface area contributed by atoms with Crippen LogP contribution in [0.4, 0.5) is 0 Å². The first-order chi connectivity index (χ1) is 12.0. The quantitative estimate of drug-likeness (QED) is 0.783. The van der Waals surface area contributed by atoms with Crippen molar-refractivity contribution in [1.82, 2.24) is 10.3 Å². The molecule has 0 bridgehead atoms. The first kappa shape index (κ1) is 20.1. The topological polar surface area (TPSA) is 75.3 Å². The Morgan fingerprint density at radius 2 is 1.46 bits per heavy atom. The van der Waals surface area contributed by atoms with Crippen molar-refractivity contribution in [2.24, 2.45) is 0 Å². The molecule has 0 aliphatic carbocycles. The van der Waals surface area contributed by atoms with E-state index in [1.807, 2.05) is 26.0 Å². The molecule has 2 N–H and O–H groups in total. The van der Waals surface area contributed by atoms with Crippen molar-refractivity contribution in [3.8, 4) is 0 Å². The van der Waals surface area contributed by atoms with Crippen LogP contribution in [0.25, 0.3) is 0 Å². The summed E-state index contributed by atoms with van der Waals surface area (Å²) in [5.74, 6) is -0.191. The molecule has 6 heteroatoms. The van der Waals surface area contributed by atoms with Crippen LogP contribution >= 0.6 is 0 Å². The first-order valence-electron chi connectivity index (χ1n) is 8.53. The Kier molecular flexibility index (Phi) is 5.88. The van der Waals surface area contributed by atoms with Gasteiger partial charge in [-0.05, 0) is 46.7 Å². The van der Waals surface area contributed by atoms with Crippen molar-refractivity contribution in [2.45, 2.75) is 50.8 Å². The van der Waals surface area contributed by atoms with Gasteiger partial charge in [0.1, 0.15) is 0 Å². The van der Waals surface area contributed by atoms with Gasteiger partial charge in [-0.2, -0.15) is 0 Å². The van der Waals surface area contributed by atoms with E-state index in [2.05, 4.69) is 31.0 Å². The molecule has 26 heavy (non-hydrogen) atoms. The molecule has 0 fully saturated rings. The third-order valence-corrected chi connectivity index (χ3v) is 5.43. The number of amides is 1. The molecule has 2 rings (SSSR count). The van der Waals surface area contributed by atoms with Gasteiger partial charge in [0, 0.05) is 5.56 Å². The van der Waals surface area contributed by atoms with Gasteiger partial charge >= 0.3 is 0 Å². The molecule has 0 aliphatic heterocycles. The summed E-state index contributed by atoms with van der Waals surface area (Å²) >= 11 is 0. The number of benzene rings is 2. The molecule has 5 nitrogen and oxygen atoms in total. The largest absolute Gasteiger partial charge is 0.273 e. The van der Waals surface area contributed by atoms with Crippen LogP contribution in [0.1, 0.15) is 62.0 Å². The molecule has 0 aromatic heterocycles. The van der Waals surface area contributed by atoms with E-state index in [9.17, 15) is 13.2 Å². The van der Waals surface area contributed by atoms with Gasteiger partial charge in [0.25, 0.3) is 15.9 Å². The molecule has 0 saturated heterocycles. The SMILES string of the molecule is CC(C)c1ccc(S(=O)(=O)NNC(=O)c2ccc(C(C)(C)C)cc2)cc1. The van der Waals surface area contributed by atoms with E-state index in [-0.39, 0.29) is 10.3 Å². The fourth-order valence-electron chi connectivity index (χ4n) is 2.40. The monoisotopic (exact) mass is 374 g/mol. The van der Waals surface area contributed by atoms with Crippen LogP contribution in [0.15, 0.2) is 53.4 Å². The molecule has 0 radical (unpaired) electrons. The van der Waals surface area contributed by atoms with Gasteiger partial charge in [-0.1, -0.05) is 58.9 Å². The summed E-state index contributed by atoms with van der Waals surface area (Å²) in [6, 6.07) is 13.7. The van der Waals surface area contributed by atoms with Gasteiger partial charge < -0.3 is 0 Å². The minimum atomic E-state index is -3.82. The van der Waals surface area contributed by atoms with Gasteiger partial charge in [0.05, 0.1) is 4.90 Å². The number of hydrazine groups is 1. The maximum atomic E-state index is 12.3. The summed E-state index contributed by atoms with van der Waals surface area (Å²) in [6.45, 7) is 10.3. The van der Waals surface area contributed by atoms with E-state index in [1.165, 1.54) is 12.1 Å². The molecule has 0 saturated carbocycles. The summed E-state index contributed by atoms with van der Waals surface area (Å²) in [5.41, 5.74) is 4.77. The lowest BCUT2D eigenvalue weighted by Gasteiger charge is -2.19. The van der Waals surface area contributed by atoms with Crippen molar-refractivity contribution >= 4 is 15.9 Å². The van der Waals surface area contributed by atoms with Crippen LogP contribution in [0.5, 0.6) is 0 Å². The van der Waals surface area contributed by atoms with Crippen molar-refractivity contribution in [1.29, 1.82) is 0 Å². The molecular formula is C20H26N2O3S. The van der Waals surface area contributed by atoms with Crippen molar-refractivity contribution < 1.29 is 13.2 Å². The molecule has 140 valence electrons. The van der Waals surface area contributed by atoms with Crippen LogP contribution < -0.4 is 10.3 Å². The van der Waals surface area contributed by atoms with E-state index in [1.54, 1.807) is 24.3 Å². The number of carbonyl (C=O) groups is 1. The molecule has 0 unspecified atom stereocenters. The second kappa shape index (κ2) is 7.60. The zero-order valence-corrected chi connectivity index (χ0v) is 16.6. The van der Waals surface area contributed by atoms with Crippen LogP contribution in [0, 0.1) is 0 Å². The predicted octanol–water partition coefficient (Wildman–Crippen LogP) is 3.73. The third kappa shape index (κ3) is 4.93. The van der Waals surface area contributed by atoms with Gasteiger partial charge in [0.15, 0.2) is 0 Å². The Morgan fingerprint density at radius 3 is 1.92 bits per heavy atom. The fraction of sp³-hybridized carbons (Fsp3) is 0.350. The highest BCUT2D eigenvalue weighted by Crippen LogP contribution is 2.22. The Morgan fingerprint density at radius 1 is 0.923 bits per heavy atom. The molecule has 0 aliphatic rings. The number of sulfonamides is 1. The van der Waals surface area contributed by atoms with E-state index in [0.29, 0.717) is 11.5 Å². The maximum absolute atomic E-state index is 12.3. The highest BCUT2D eigenvalue weighted by molar-refractivity contribution is 7.89. The number of hydrogen-bond acceptors (Lipinski definition) is 3. The smallest absolute Gasteiger partial charge is 0.266 e. The summed E-state index contributed by atoms with van der Waals surface area (Å²) in [6.07, 6.45) is 0. The lowest BCUT2D eigenvalue weighted by Crippen LogP contribution is -2.41. The lowest BCUT2D eigenvalue weighted by atomic mass is 9.87. The maximum Gasteiger partial charge on any atom is 0.266 e. The average molecular weight is 375 g/mol. The van der Waals surface area contributed by atoms with Crippen molar-refractivity contribution in [3.63, 3.8) is 0 Å². The molecule has 2 aromatic carbocycles. The zero-order valence-electron chi connectivity index (χ0n) is 15.8. The summed E-state index contributed by atoms with van der Waals surface area (Å²) in [4.78, 5) is 14.4. The van der Waals surface area contributed by atoms with Crippen LogP contribution in [0.2, 0.25) is 0 Å². The zero-order chi connectivity index (χ0) is 19.5. The van der Waals surface area contributed by atoms with E-state index < -0.39 is 15.9 Å². The molecule has 1 amide bonds. The number of nitrogens with one attached hydrogen (secondary N) is 2. The predicted molar refractivity (Wildman–Crippen MR) is 103 cm³/mol. The molecule has 0 spiro atoms. The summed E-state index contributed by atoms with van der Waals surface area (Å²) in [5, 5.41) is 0. The summed E-state index contributed by atoms with van der Waals surface area (Å²) < 4.78 is 24.6. The normalized spacial score (nSPS) is 12.2. The van der Waals surface area contributed by atoms with Crippen molar-refractivity contribution in [3.05, 3.63) is 65.2 Å². The molecular weight excluding hydrogens is 348 g/mol. The first-order valence-corrected chi connectivity index (χ1v) is 10.0. The average Bonchev–Trinajstić information content (AvgIpc) is 2.59. The highest BCUT2D eigenvalue weighted by atomic mass is 32.2. The van der Waals surface area contributed by atoms with Gasteiger partial charge in [-0.15, -0.1) is 4.83 Å². The van der Waals surface area contributed by atoms with E-state index >= 15 is 0 Å². The Balaban J connectivity index is 2.05. The van der Waals surface area contributed by atoms with Crippen LogP contribution in [0.3, 0.4) is 0 Å². The van der Waals surface area contributed by atoms with E-state index in [0.717, 1.165) is 11.1 Å². The van der Waals surface area contributed by atoms with Gasteiger partial charge in [-0.3, -0.25) is 10.2 Å². The Bertz CT molecular complexity index is 863. The lowest BCUT2D eigenvalue weighted by molar-refractivity contribution is 0.0945. The Labute approximate surface area is 155 Å². The van der Waals surface area contributed by atoms with Gasteiger partial charge in [0.2, 0.25) is 0 Å². The van der Waals surface area contributed by atoms with Crippen LogP contribution in [-0.2, 0) is 15.4 Å². The minimum Gasteiger partial charge on any atom is -0.273 e. The number of rotatable bonds is 5. The fourth-order valence-corrected chi connectivity index (χ4v) is 3.24. The second-order valence-corrected chi connectivity index (χ2v) is 9.29. The molecule has 0 heterocycles. The van der Waals surface area contributed by atoms with Gasteiger partial charge in [-0.25, -0.2) is 8.42 Å². The standard InChI is InChI=1S/C20H26N2O3S/c1-14(2)15-8-12-18(13-9-15)26(24,25)22-21-19(23)16-6-10-17(11-7-16)20(3,4)5/h6-14,22H,1-5H3,(H,21,23). The highest BCUT2D eigenvalue weighted by Gasteiger charge is 2.17. The minimum absolute atomic E-state index is 0.0151. The van der Waals surface area contributed by atoms with Crippen LogP contribution in [-0.4, -0.2) is 14.3 Å². The van der Waals surface area contributed by atoms with E-state index in [4.69, 9.17) is 0 Å². The third-order valence-electron chi connectivity index (χ3n) is 4.17. The molecule has 0 atom stereocenters. The Hall–Kier alpha value is -2.18. The second-order valence-electron chi connectivity index (χ2n) is 7.61. The molecule has 2 aromatic rings. The number of carbonyl (C=O) groups excluding carboxylic acids is 1.